The number of benzene rings is 1. The number of fused-ring (bicyclic) bond motifs is 2. The zero-order chi connectivity index (χ0) is 19.8. The van der Waals surface area contributed by atoms with Gasteiger partial charge in [0.25, 0.3) is 0 Å². The molecule has 8 heteroatoms. The molecule has 2 aromatic heterocycles. The van der Waals surface area contributed by atoms with Crippen LogP contribution in [0.15, 0.2) is 34.0 Å². The van der Waals surface area contributed by atoms with Crippen LogP contribution >= 0.6 is 23.4 Å². The summed E-state index contributed by atoms with van der Waals surface area (Å²) in [6.07, 6.45) is 4.11. The maximum Gasteiger partial charge on any atom is 0.326 e. The Labute approximate surface area is 171 Å². The summed E-state index contributed by atoms with van der Waals surface area (Å²) in [6.45, 7) is 2.00. The Morgan fingerprint density at radius 2 is 2.07 bits per heavy atom. The minimum Gasteiger partial charge on any atom is -0.465 e. The first kappa shape index (κ1) is 19.1. The van der Waals surface area contributed by atoms with Crippen molar-refractivity contribution >= 4 is 57.1 Å². The van der Waals surface area contributed by atoms with Gasteiger partial charge in [0.2, 0.25) is 0 Å². The molecule has 1 aromatic carbocycles. The third kappa shape index (κ3) is 3.44. The molecule has 146 valence electrons. The molecule has 6 nitrogen and oxygen atoms in total. The molecule has 28 heavy (non-hydrogen) atoms. The van der Waals surface area contributed by atoms with Crippen LogP contribution in [-0.4, -0.2) is 34.4 Å². The molecule has 0 atom stereocenters. The maximum atomic E-state index is 13.1. The molecule has 2 heterocycles. The van der Waals surface area contributed by atoms with Crippen LogP contribution in [0.25, 0.3) is 21.9 Å². The number of ether oxygens (including phenoxy) is 1. The number of aromatic nitrogens is 2. The Bertz CT molecular complexity index is 1140. The van der Waals surface area contributed by atoms with Crippen LogP contribution in [0.5, 0.6) is 0 Å². The largest absolute Gasteiger partial charge is 0.465 e. The fourth-order valence-electron chi connectivity index (χ4n) is 3.28. The topological polar surface area (TPSA) is 73.2 Å². The lowest BCUT2D eigenvalue weighted by Gasteiger charge is -2.17. The van der Waals surface area contributed by atoms with E-state index in [1.165, 1.54) is 11.8 Å². The highest BCUT2D eigenvalue weighted by Gasteiger charge is 2.23. The van der Waals surface area contributed by atoms with E-state index in [1.54, 1.807) is 29.7 Å². The van der Waals surface area contributed by atoms with Crippen molar-refractivity contribution in [2.24, 2.45) is 0 Å². The van der Waals surface area contributed by atoms with Gasteiger partial charge in [-0.25, -0.2) is 4.98 Å². The van der Waals surface area contributed by atoms with Crippen LogP contribution in [-0.2, 0) is 16.1 Å². The summed E-state index contributed by atoms with van der Waals surface area (Å²) in [7, 11) is 0. The number of anilines is 1. The minimum absolute atomic E-state index is 0.0467. The van der Waals surface area contributed by atoms with Crippen LogP contribution in [0.3, 0.4) is 0 Å². The van der Waals surface area contributed by atoms with Gasteiger partial charge in [-0.2, -0.15) is 0 Å². The number of thioether (sulfide) groups is 1. The van der Waals surface area contributed by atoms with E-state index in [0.717, 1.165) is 17.7 Å². The fraction of sp³-hybridized carbons (Fsp3) is 0.350. The molecule has 1 aliphatic carbocycles. The minimum atomic E-state index is -0.386. The van der Waals surface area contributed by atoms with Crippen LogP contribution < -0.4 is 10.7 Å². The lowest BCUT2D eigenvalue weighted by Crippen LogP contribution is -2.20. The van der Waals surface area contributed by atoms with Gasteiger partial charge < -0.3 is 14.6 Å². The molecular formula is C20H20ClN3O3S. The van der Waals surface area contributed by atoms with Gasteiger partial charge in [0.1, 0.15) is 18.0 Å². The van der Waals surface area contributed by atoms with Gasteiger partial charge in [0, 0.05) is 11.4 Å². The molecule has 1 fully saturated rings. The van der Waals surface area contributed by atoms with E-state index in [2.05, 4.69) is 10.3 Å². The monoisotopic (exact) mass is 417 g/mol. The second-order valence-corrected chi connectivity index (χ2v) is 7.91. The van der Waals surface area contributed by atoms with E-state index < -0.39 is 0 Å². The molecule has 0 aliphatic heterocycles. The Kier molecular flexibility index (Phi) is 5.21. The third-order valence-electron chi connectivity index (χ3n) is 4.70. The Balaban J connectivity index is 2.05. The number of carbonyl (C=O) groups excluding carboxylic acids is 1. The lowest BCUT2D eigenvalue weighted by molar-refractivity contribution is -0.143. The number of rotatable bonds is 6. The third-order valence-corrected chi connectivity index (χ3v) is 5.95. The molecule has 1 saturated carbocycles. The first-order chi connectivity index (χ1) is 13.5. The Morgan fingerprint density at radius 3 is 2.75 bits per heavy atom. The molecular weight excluding hydrogens is 398 g/mol. The zero-order valence-electron chi connectivity index (χ0n) is 15.6. The number of halogens is 1. The van der Waals surface area contributed by atoms with Crippen LogP contribution in [0.4, 0.5) is 5.82 Å². The van der Waals surface area contributed by atoms with Crippen molar-refractivity contribution in [3.8, 4) is 0 Å². The van der Waals surface area contributed by atoms with E-state index in [1.807, 2.05) is 12.3 Å². The van der Waals surface area contributed by atoms with Crippen molar-refractivity contribution < 1.29 is 9.53 Å². The molecule has 4 rings (SSSR count). The fourth-order valence-corrected chi connectivity index (χ4v) is 4.34. The summed E-state index contributed by atoms with van der Waals surface area (Å²) in [6, 6.07) is 7.43. The van der Waals surface area contributed by atoms with Gasteiger partial charge in [0.05, 0.1) is 27.4 Å². The summed E-state index contributed by atoms with van der Waals surface area (Å²) in [5.41, 5.74) is 0.943. The second-order valence-electron chi connectivity index (χ2n) is 6.68. The standard InChI is InChI=1S/C20H20ClN3O3S/c1-3-27-16(25)10-24-17-12(6-8-14(21)19(17)28-2)18(26)13-7-9-15(23-20(13)24)22-11-4-5-11/h6-9,11H,3-5,10H2,1-2H3,(H,22,23). The number of hydrogen-bond donors (Lipinski definition) is 1. The maximum absolute atomic E-state index is 13.1. The van der Waals surface area contributed by atoms with Gasteiger partial charge in [0.15, 0.2) is 5.43 Å². The van der Waals surface area contributed by atoms with E-state index in [9.17, 15) is 9.59 Å². The predicted molar refractivity (Wildman–Crippen MR) is 114 cm³/mol. The number of esters is 1. The van der Waals surface area contributed by atoms with E-state index in [4.69, 9.17) is 16.3 Å². The van der Waals surface area contributed by atoms with Crippen molar-refractivity contribution in [2.45, 2.75) is 37.2 Å². The summed E-state index contributed by atoms with van der Waals surface area (Å²) < 4.78 is 6.91. The van der Waals surface area contributed by atoms with Crippen molar-refractivity contribution in [2.75, 3.05) is 18.2 Å². The number of carbonyl (C=O) groups is 1. The molecule has 0 spiro atoms. The van der Waals surface area contributed by atoms with Crippen LogP contribution in [0.1, 0.15) is 19.8 Å². The number of hydrogen-bond acceptors (Lipinski definition) is 6. The predicted octanol–water partition coefficient (Wildman–Crippen LogP) is 4.06. The first-order valence-corrected chi connectivity index (χ1v) is 10.8. The molecule has 0 unspecified atom stereocenters. The second kappa shape index (κ2) is 7.64. The molecule has 1 N–H and O–H groups in total. The molecule has 0 amide bonds. The molecule has 0 radical (unpaired) electrons. The average Bonchev–Trinajstić information content (AvgIpc) is 3.49. The summed E-state index contributed by atoms with van der Waals surface area (Å²) in [5.74, 6) is 0.308. The van der Waals surface area contributed by atoms with Gasteiger partial charge in [-0.05, 0) is 50.3 Å². The van der Waals surface area contributed by atoms with E-state index in [0.29, 0.717) is 38.8 Å². The van der Waals surface area contributed by atoms with Crippen molar-refractivity contribution in [1.82, 2.24) is 9.55 Å². The number of pyridine rings is 2. The molecule has 0 bridgehead atoms. The highest BCUT2D eigenvalue weighted by molar-refractivity contribution is 7.99. The number of nitrogens with zero attached hydrogens (tertiary/aromatic N) is 2. The quantitative estimate of drug-likeness (QED) is 0.370. The van der Waals surface area contributed by atoms with Crippen molar-refractivity contribution in [3.05, 3.63) is 39.5 Å². The zero-order valence-corrected chi connectivity index (χ0v) is 17.2. The number of nitrogens with one attached hydrogen (secondary N) is 1. The van der Waals surface area contributed by atoms with Crippen molar-refractivity contribution in [3.63, 3.8) is 0 Å². The average molecular weight is 418 g/mol. The molecule has 0 saturated heterocycles. The normalized spacial score (nSPS) is 13.8. The highest BCUT2D eigenvalue weighted by atomic mass is 35.5. The highest BCUT2D eigenvalue weighted by Crippen LogP contribution is 2.34. The molecule has 1 aliphatic rings. The summed E-state index contributed by atoms with van der Waals surface area (Å²) in [4.78, 5) is 30.9. The Hall–Kier alpha value is -2.25. The SMILES string of the molecule is CCOC(=O)Cn1c2nc(NC3CC3)ccc2c(=O)c2ccc(Cl)c(SC)c21. The molecule has 3 aromatic rings. The van der Waals surface area contributed by atoms with E-state index >= 15 is 0 Å². The van der Waals surface area contributed by atoms with Gasteiger partial charge in [-0.1, -0.05) is 11.6 Å². The van der Waals surface area contributed by atoms with Gasteiger partial charge >= 0.3 is 5.97 Å². The van der Waals surface area contributed by atoms with Gasteiger partial charge in [-0.15, -0.1) is 11.8 Å². The van der Waals surface area contributed by atoms with Crippen LogP contribution in [0, 0.1) is 0 Å². The first-order valence-electron chi connectivity index (χ1n) is 9.15. The summed E-state index contributed by atoms with van der Waals surface area (Å²) >= 11 is 7.83. The van der Waals surface area contributed by atoms with Crippen molar-refractivity contribution in [1.29, 1.82) is 0 Å². The van der Waals surface area contributed by atoms with Crippen LogP contribution in [0.2, 0.25) is 5.02 Å². The van der Waals surface area contributed by atoms with E-state index in [-0.39, 0.29) is 24.5 Å². The summed E-state index contributed by atoms with van der Waals surface area (Å²) in [5, 5.41) is 4.85. The lowest BCUT2D eigenvalue weighted by atomic mass is 10.1. The smallest absolute Gasteiger partial charge is 0.326 e. The van der Waals surface area contributed by atoms with Gasteiger partial charge in [-0.3, -0.25) is 9.59 Å². The Morgan fingerprint density at radius 1 is 1.32 bits per heavy atom.